The number of piperidine rings is 2. The van der Waals surface area contributed by atoms with Crippen molar-refractivity contribution in [2.75, 3.05) is 52.4 Å². The summed E-state index contributed by atoms with van der Waals surface area (Å²) < 4.78 is 9.26. The average Bonchev–Trinajstić information content (AvgIpc) is 1.63. The predicted molar refractivity (Wildman–Crippen MR) is 481 cm³/mol. The Morgan fingerprint density at radius 3 is 0.816 bits per heavy atom. The van der Waals surface area contributed by atoms with E-state index in [4.69, 9.17) is 0 Å². The lowest BCUT2D eigenvalue weighted by molar-refractivity contribution is 0.100. The molecule has 0 amide bonds. The maximum Gasteiger partial charge on any atom is 0.159 e. The van der Waals surface area contributed by atoms with Gasteiger partial charge in [0.05, 0.1) is 0 Å². The van der Waals surface area contributed by atoms with Crippen LogP contribution in [-0.2, 0) is 26.2 Å². The minimum absolute atomic E-state index is 0. The maximum absolute atomic E-state index is 11.9. The summed E-state index contributed by atoms with van der Waals surface area (Å²) in [6, 6.07) is 48.5. The van der Waals surface area contributed by atoms with Crippen LogP contribution in [0, 0.1) is 0 Å². The zero-order valence-corrected chi connectivity index (χ0v) is 71.6. The van der Waals surface area contributed by atoms with Gasteiger partial charge in [0.25, 0.3) is 0 Å². The van der Waals surface area contributed by atoms with Gasteiger partial charge in [-0.1, -0.05) is 32.4 Å². The number of nitrogens with one attached hydrogen (secondary N) is 2. The van der Waals surface area contributed by atoms with Crippen molar-refractivity contribution in [1.29, 1.82) is 0 Å². The third-order valence-corrected chi connectivity index (χ3v) is 22.4. The molecule has 606 valence electrons. The second-order valence-corrected chi connectivity index (χ2v) is 30.4. The molecule has 2 fully saturated rings. The number of carbonyl (C=O) groups excluding carboxylic acids is 8. The molecular formula is C94H114Cl4N8O8. The van der Waals surface area contributed by atoms with Crippen LogP contribution in [0.3, 0.4) is 0 Å². The van der Waals surface area contributed by atoms with E-state index in [0.29, 0.717) is 56.6 Å². The van der Waals surface area contributed by atoms with E-state index in [1.807, 2.05) is 133 Å². The molecule has 12 aromatic rings. The molecule has 0 saturated carbocycles. The van der Waals surface area contributed by atoms with Crippen LogP contribution in [0.25, 0.3) is 87.2 Å². The summed E-state index contributed by atoms with van der Waals surface area (Å²) in [4.78, 5) is 100. The van der Waals surface area contributed by atoms with Crippen molar-refractivity contribution < 1.29 is 38.4 Å². The number of likely N-dealkylation sites (tertiary alicyclic amines) is 2. The molecular weight excluding hydrogens is 1510 g/mol. The van der Waals surface area contributed by atoms with Gasteiger partial charge in [-0.15, -0.1) is 49.6 Å². The first-order chi connectivity index (χ1) is 52.8. The average molecular weight is 1630 g/mol. The Morgan fingerprint density at radius 1 is 0.325 bits per heavy atom. The van der Waals surface area contributed by atoms with Crippen molar-refractivity contribution in [2.24, 2.45) is 0 Å². The molecule has 2 atom stereocenters. The first-order valence-electron chi connectivity index (χ1n) is 39.7. The van der Waals surface area contributed by atoms with Gasteiger partial charge < -0.3 is 33.8 Å². The quantitative estimate of drug-likeness (QED) is 0.0282. The van der Waals surface area contributed by atoms with Crippen molar-refractivity contribution in [3.63, 3.8) is 0 Å². The highest BCUT2D eigenvalue weighted by Crippen LogP contribution is 2.37. The molecule has 2 aliphatic heterocycles. The van der Waals surface area contributed by atoms with Gasteiger partial charge in [0.15, 0.2) is 46.3 Å². The number of hydrogen-bond acceptors (Lipinski definition) is 12. The predicted octanol–water partition coefficient (Wildman–Crippen LogP) is 21.6. The summed E-state index contributed by atoms with van der Waals surface area (Å²) in [5.74, 6) is 0.454. The van der Waals surface area contributed by atoms with Crippen LogP contribution in [0.5, 0.6) is 0 Å². The zero-order valence-electron chi connectivity index (χ0n) is 68.4. The Bertz CT molecular complexity index is 5220. The molecule has 0 spiro atoms. The van der Waals surface area contributed by atoms with E-state index in [-0.39, 0.29) is 95.9 Å². The van der Waals surface area contributed by atoms with Crippen molar-refractivity contribution in [3.05, 3.63) is 202 Å². The molecule has 20 heteroatoms. The second-order valence-electron chi connectivity index (χ2n) is 30.4. The molecule has 14 rings (SSSR count). The summed E-state index contributed by atoms with van der Waals surface area (Å²) in [7, 11) is 0. The van der Waals surface area contributed by atoms with Gasteiger partial charge in [0, 0.05) is 196 Å². The van der Waals surface area contributed by atoms with Gasteiger partial charge >= 0.3 is 0 Å². The molecule has 0 unspecified atom stereocenters. The van der Waals surface area contributed by atoms with E-state index in [2.05, 4.69) is 85.1 Å². The number of hydrogen-bond donors (Lipinski definition) is 2. The van der Waals surface area contributed by atoms with Crippen molar-refractivity contribution in [1.82, 2.24) is 38.7 Å². The number of halogens is 4. The van der Waals surface area contributed by atoms with Crippen LogP contribution in [0.2, 0.25) is 0 Å². The number of fused-ring (bicyclic) bond motifs is 12. The van der Waals surface area contributed by atoms with Crippen molar-refractivity contribution in [2.45, 2.75) is 186 Å². The van der Waals surface area contributed by atoms with E-state index in [9.17, 15) is 38.4 Å². The standard InChI is InChI=1S/C26H32N2O2.C25H28N2O2.C22H26N2O2.C21H24N2O2.4ClH/c1-17-7-5-8-18(2)27(17)13-6-14-28-25-11-9-21(19(3)29)15-23(25)24-16-22(20(4)30)10-12-26(24)28;1-17-9-13-26(14-10-17)11-4-12-27-24-7-5-20(18(2)28)15-22(24)23-16-21(19(3)29)6-8-25(23)27;1-4-10-23-11-5-12-24-21-8-6-17(15(2)25)13-19(21)20-14-18(16(3)26)7-9-22(20)24;1-4-9-22-10-11-23-20-7-5-16(14(2)24)12-18(20)19-13-17(15(3)25)6-8-21(19)23;;;;/h9-12,15-18H,5-8,13-14H2,1-4H3;5-8,15-16H,1,4,9-14H2,2-3H3;6-9,13-14,23H,4-5,10-12H2,1-3H3;5-8,12-13,22H,4,9-11H2,1-3H3;4*1H/t17-,18+;;;;;;;. The van der Waals surface area contributed by atoms with Gasteiger partial charge in [0.1, 0.15) is 0 Å². The highest BCUT2D eigenvalue weighted by Gasteiger charge is 2.25. The van der Waals surface area contributed by atoms with E-state index < -0.39 is 0 Å². The normalized spacial score (nSPS) is 14.3. The number of rotatable bonds is 27. The fourth-order valence-corrected chi connectivity index (χ4v) is 16.2. The zero-order chi connectivity index (χ0) is 78.6. The summed E-state index contributed by atoms with van der Waals surface area (Å²) in [5.41, 5.74) is 15.9. The molecule has 6 heterocycles. The minimum Gasteiger partial charge on any atom is -0.340 e. The largest absolute Gasteiger partial charge is 0.340 e. The Labute approximate surface area is 695 Å². The Hall–Kier alpha value is -8.94. The summed E-state index contributed by atoms with van der Waals surface area (Å²) >= 11 is 0. The smallest absolute Gasteiger partial charge is 0.159 e. The molecule has 2 N–H and O–H groups in total. The fraction of sp³-hybridized carbons (Fsp3) is 0.383. The van der Waals surface area contributed by atoms with Gasteiger partial charge in [-0.3, -0.25) is 43.3 Å². The Kier molecular flexibility index (Phi) is 34.0. The molecule has 0 radical (unpaired) electrons. The van der Waals surface area contributed by atoms with Gasteiger partial charge in [-0.05, 0) is 299 Å². The van der Waals surface area contributed by atoms with Gasteiger partial charge in [-0.25, -0.2) is 0 Å². The summed E-state index contributed by atoms with van der Waals surface area (Å²) in [5, 5.41) is 15.2. The SMILES string of the molecule is C=C1CCN(CCCn2c3ccc(C(C)=O)cc3c3cc(C(C)=O)ccc32)CC1.CC(=O)c1ccc2c(c1)c1cc(C(C)=O)ccc1n2CCCN1[C@H](C)CCC[C@@H]1C.CCCNCCCn1c2ccc(C(C)=O)cc2c2cc(C(C)=O)ccc21.CCCNCCn1c2ccc(C(C)=O)cc2c2cc(C(C)=O)ccc21.Cl.Cl.Cl.Cl. The molecule has 0 aliphatic carbocycles. The van der Waals surface area contributed by atoms with Crippen molar-refractivity contribution in [3.8, 4) is 0 Å². The molecule has 4 aromatic heterocycles. The molecule has 0 bridgehead atoms. The molecule has 8 aromatic carbocycles. The number of nitrogens with zero attached hydrogens (tertiary/aromatic N) is 6. The third kappa shape index (κ3) is 21.4. The lowest BCUT2D eigenvalue weighted by Gasteiger charge is -2.39. The third-order valence-electron chi connectivity index (χ3n) is 22.4. The minimum atomic E-state index is 0. The molecule has 2 saturated heterocycles. The topological polar surface area (TPSA) is 187 Å². The maximum atomic E-state index is 11.9. The monoisotopic (exact) mass is 1620 g/mol. The van der Waals surface area contributed by atoms with Crippen LogP contribution < -0.4 is 10.6 Å². The van der Waals surface area contributed by atoms with Crippen LogP contribution in [0.1, 0.15) is 230 Å². The number of Topliss-reactive ketones (excluding diaryl/α,β-unsaturated/α-hetero) is 8. The van der Waals surface area contributed by atoms with E-state index in [1.54, 1.807) is 55.4 Å². The van der Waals surface area contributed by atoms with Crippen LogP contribution in [0.4, 0.5) is 0 Å². The number of benzene rings is 8. The molecule has 114 heavy (non-hydrogen) atoms. The van der Waals surface area contributed by atoms with Gasteiger partial charge in [-0.2, -0.15) is 0 Å². The molecule has 2 aliphatic rings. The van der Waals surface area contributed by atoms with E-state index >= 15 is 0 Å². The lowest BCUT2D eigenvalue weighted by Crippen LogP contribution is -2.44. The fourth-order valence-electron chi connectivity index (χ4n) is 16.2. The Morgan fingerprint density at radius 2 is 0.561 bits per heavy atom. The number of aryl methyl sites for hydroxylation is 3. The second kappa shape index (κ2) is 42.1. The summed E-state index contributed by atoms with van der Waals surface area (Å²) in [6.45, 7) is 37.7. The highest BCUT2D eigenvalue weighted by atomic mass is 35.5. The first kappa shape index (κ1) is 92.2. The van der Waals surface area contributed by atoms with Crippen LogP contribution >= 0.6 is 49.6 Å². The van der Waals surface area contributed by atoms with Gasteiger partial charge in [0.2, 0.25) is 0 Å². The lowest BCUT2D eigenvalue weighted by atomic mass is 9.97. The first-order valence-corrected chi connectivity index (χ1v) is 39.7. The highest BCUT2D eigenvalue weighted by molar-refractivity contribution is 6.17. The van der Waals surface area contributed by atoms with Crippen LogP contribution in [-0.4, -0.2) is 139 Å². The van der Waals surface area contributed by atoms with Crippen LogP contribution in [0.15, 0.2) is 158 Å². The number of aromatic nitrogens is 4. The Balaban J connectivity index is 0.000000209. The van der Waals surface area contributed by atoms with Crippen molar-refractivity contribution >= 4 is 183 Å². The van der Waals surface area contributed by atoms with E-state index in [1.165, 1.54) is 24.8 Å². The number of ketones is 8. The summed E-state index contributed by atoms with van der Waals surface area (Å²) in [6.07, 6.45) is 11.6. The molecule has 16 nitrogen and oxygen atoms in total. The number of carbonyl (C=O) groups is 8. The van der Waals surface area contributed by atoms with E-state index in [0.717, 1.165) is 211 Å².